The monoisotopic (exact) mass is 414 g/mol. The highest BCUT2D eigenvalue weighted by molar-refractivity contribution is 5.81. The van der Waals surface area contributed by atoms with E-state index in [1.165, 1.54) is 0 Å². The van der Waals surface area contributed by atoms with Crippen LogP contribution in [0.1, 0.15) is 26.2 Å². The van der Waals surface area contributed by atoms with Crippen molar-refractivity contribution < 1.29 is 9.59 Å². The van der Waals surface area contributed by atoms with Gasteiger partial charge >= 0.3 is 0 Å². The molecule has 8 heteroatoms. The molecule has 2 amide bonds. The van der Waals surface area contributed by atoms with Gasteiger partial charge in [0, 0.05) is 77.6 Å². The van der Waals surface area contributed by atoms with Crippen LogP contribution in [0.4, 0.5) is 5.82 Å². The van der Waals surface area contributed by atoms with Crippen molar-refractivity contribution in [2.45, 2.75) is 38.3 Å². The fraction of sp³-hybridized carbons (Fsp3) is 0.682. The SMILES string of the molecule is C[C@H](C(=O)NC1CC1)N1CCN(CCC(=O)N2CCN(c3ccccn3)CC2)CC1. The molecular weight excluding hydrogens is 380 g/mol. The molecule has 164 valence electrons. The van der Waals surface area contributed by atoms with Gasteiger partial charge in [0.2, 0.25) is 11.8 Å². The molecule has 4 rings (SSSR count). The molecule has 3 heterocycles. The minimum absolute atomic E-state index is 0.0650. The van der Waals surface area contributed by atoms with Crippen molar-refractivity contribution in [1.82, 2.24) is 25.0 Å². The van der Waals surface area contributed by atoms with Gasteiger partial charge in [-0.2, -0.15) is 0 Å². The smallest absolute Gasteiger partial charge is 0.237 e. The van der Waals surface area contributed by atoms with E-state index in [-0.39, 0.29) is 17.9 Å². The van der Waals surface area contributed by atoms with Gasteiger partial charge in [-0.3, -0.25) is 14.5 Å². The molecule has 1 atom stereocenters. The second-order valence-corrected chi connectivity index (χ2v) is 8.64. The maximum absolute atomic E-state index is 12.7. The Bertz CT molecular complexity index is 710. The standard InChI is InChI=1S/C22H34N6O2/c1-18(22(30)24-19-5-6-19)26-12-10-25(11-13-26)9-7-21(29)28-16-14-27(15-17-28)20-4-2-3-8-23-20/h2-4,8,18-19H,5-7,9-17H2,1H3,(H,24,30)/t18-/m1/s1. The van der Waals surface area contributed by atoms with Crippen LogP contribution >= 0.6 is 0 Å². The van der Waals surface area contributed by atoms with E-state index in [9.17, 15) is 9.59 Å². The lowest BCUT2D eigenvalue weighted by molar-refractivity contribution is -0.131. The summed E-state index contributed by atoms with van der Waals surface area (Å²) in [6, 6.07) is 6.29. The van der Waals surface area contributed by atoms with Gasteiger partial charge in [-0.25, -0.2) is 4.98 Å². The number of hydrogen-bond acceptors (Lipinski definition) is 6. The largest absolute Gasteiger partial charge is 0.353 e. The van der Waals surface area contributed by atoms with Crippen molar-refractivity contribution in [2.75, 3.05) is 63.8 Å². The average molecular weight is 415 g/mol. The summed E-state index contributed by atoms with van der Waals surface area (Å²) in [7, 11) is 0. The Kier molecular flexibility index (Phi) is 6.84. The molecule has 1 aromatic heterocycles. The van der Waals surface area contributed by atoms with Gasteiger partial charge in [0.05, 0.1) is 6.04 Å². The van der Waals surface area contributed by atoms with E-state index in [1.54, 1.807) is 0 Å². The molecule has 1 aliphatic carbocycles. The Balaban J connectivity index is 1.13. The van der Waals surface area contributed by atoms with Crippen LogP contribution in [-0.2, 0) is 9.59 Å². The van der Waals surface area contributed by atoms with Gasteiger partial charge in [-0.05, 0) is 31.9 Å². The number of aromatic nitrogens is 1. The van der Waals surface area contributed by atoms with Gasteiger partial charge in [0.1, 0.15) is 5.82 Å². The van der Waals surface area contributed by atoms with Gasteiger partial charge in [-0.15, -0.1) is 0 Å². The highest BCUT2D eigenvalue weighted by Crippen LogP contribution is 2.19. The maximum Gasteiger partial charge on any atom is 0.237 e. The summed E-state index contributed by atoms with van der Waals surface area (Å²) in [6.07, 6.45) is 4.63. The summed E-state index contributed by atoms with van der Waals surface area (Å²) < 4.78 is 0. The fourth-order valence-electron chi connectivity index (χ4n) is 4.23. The van der Waals surface area contributed by atoms with Crippen LogP contribution in [-0.4, -0.2) is 102 Å². The van der Waals surface area contributed by atoms with Crippen LogP contribution in [0.3, 0.4) is 0 Å². The van der Waals surface area contributed by atoms with E-state index in [2.05, 4.69) is 25.0 Å². The highest BCUT2D eigenvalue weighted by Gasteiger charge is 2.30. The molecule has 3 aliphatic rings. The number of nitrogens with zero attached hydrogens (tertiary/aromatic N) is 5. The van der Waals surface area contributed by atoms with Crippen molar-refractivity contribution in [2.24, 2.45) is 0 Å². The molecule has 2 saturated heterocycles. The van der Waals surface area contributed by atoms with Crippen molar-refractivity contribution in [3.63, 3.8) is 0 Å². The number of carbonyl (C=O) groups is 2. The fourth-order valence-corrected chi connectivity index (χ4v) is 4.23. The van der Waals surface area contributed by atoms with E-state index < -0.39 is 0 Å². The second-order valence-electron chi connectivity index (χ2n) is 8.64. The first-order valence-corrected chi connectivity index (χ1v) is 11.3. The van der Waals surface area contributed by atoms with E-state index >= 15 is 0 Å². The lowest BCUT2D eigenvalue weighted by Crippen LogP contribution is -2.54. The molecule has 0 aromatic carbocycles. The lowest BCUT2D eigenvalue weighted by Gasteiger charge is -2.38. The normalized spacial score (nSPS) is 22.0. The first kappa shape index (κ1) is 21.1. The van der Waals surface area contributed by atoms with Crippen LogP contribution in [0.25, 0.3) is 0 Å². The number of nitrogens with one attached hydrogen (secondary N) is 1. The molecule has 1 saturated carbocycles. The minimum Gasteiger partial charge on any atom is -0.353 e. The predicted octanol–water partition coefficient (Wildman–Crippen LogP) is 0.405. The van der Waals surface area contributed by atoms with E-state index in [0.29, 0.717) is 12.5 Å². The summed E-state index contributed by atoms with van der Waals surface area (Å²) in [5.74, 6) is 1.39. The third kappa shape index (κ3) is 5.49. The zero-order chi connectivity index (χ0) is 20.9. The number of hydrogen-bond donors (Lipinski definition) is 1. The molecule has 0 spiro atoms. The van der Waals surface area contributed by atoms with Gasteiger partial charge < -0.3 is 20.0 Å². The van der Waals surface area contributed by atoms with Gasteiger partial charge in [0.25, 0.3) is 0 Å². The summed E-state index contributed by atoms with van der Waals surface area (Å²) in [6.45, 7) is 9.60. The maximum atomic E-state index is 12.7. The van der Waals surface area contributed by atoms with Crippen molar-refractivity contribution in [3.8, 4) is 0 Å². The number of rotatable bonds is 7. The van der Waals surface area contributed by atoms with Crippen LogP contribution in [0.5, 0.6) is 0 Å². The van der Waals surface area contributed by atoms with E-state index in [0.717, 1.165) is 77.6 Å². The molecule has 1 N–H and O–H groups in total. The lowest BCUT2D eigenvalue weighted by atomic mass is 10.2. The summed E-state index contributed by atoms with van der Waals surface area (Å²) >= 11 is 0. The van der Waals surface area contributed by atoms with Crippen LogP contribution in [0.2, 0.25) is 0 Å². The number of piperazine rings is 2. The van der Waals surface area contributed by atoms with Crippen molar-refractivity contribution >= 4 is 17.6 Å². The molecule has 1 aromatic rings. The number of anilines is 1. The molecule has 8 nitrogen and oxygen atoms in total. The number of pyridine rings is 1. The van der Waals surface area contributed by atoms with E-state index in [1.807, 2.05) is 36.2 Å². The molecule has 0 bridgehead atoms. The Morgan fingerprint density at radius 2 is 1.80 bits per heavy atom. The molecule has 30 heavy (non-hydrogen) atoms. The zero-order valence-electron chi connectivity index (χ0n) is 18.0. The van der Waals surface area contributed by atoms with Gasteiger partial charge in [-0.1, -0.05) is 6.07 Å². The summed E-state index contributed by atoms with van der Waals surface area (Å²) in [5, 5.41) is 3.10. The van der Waals surface area contributed by atoms with E-state index in [4.69, 9.17) is 0 Å². The highest BCUT2D eigenvalue weighted by atomic mass is 16.2. The van der Waals surface area contributed by atoms with Crippen LogP contribution in [0, 0.1) is 0 Å². The summed E-state index contributed by atoms with van der Waals surface area (Å²) in [4.78, 5) is 38.1. The molecule has 2 aliphatic heterocycles. The second kappa shape index (κ2) is 9.75. The number of carbonyl (C=O) groups excluding carboxylic acids is 2. The Labute approximate surface area is 179 Å². The predicted molar refractivity (Wildman–Crippen MR) is 116 cm³/mol. The molecular formula is C22H34N6O2. The average Bonchev–Trinajstić information content (AvgIpc) is 3.62. The zero-order valence-corrected chi connectivity index (χ0v) is 18.0. The molecule has 3 fully saturated rings. The van der Waals surface area contributed by atoms with Gasteiger partial charge in [0.15, 0.2) is 0 Å². The number of amides is 2. The first-order valence-electron chi connectivity index (χ1n) is 11.3. The quantitative estimate of drug-likeness (QED) is 0.697. The van der Waals surface area contributed by atoms with Crippen LogP contribution < -0.4 is 10.2 Å². The minimum atomic E-state index is -0.0650. The topological polar surface area (TPSA) is 72.0 Å². The van der Waals surface area contributed by atoms with Crippen LogP contribution in [0.15, 0.2) is 24.4 Å². The molecule has 0 radical (unpaired) electrons. The Morgan fingerprint density at radius 1 is 1.07 bits per heavy atom. The Morgan fingerprint density at radius 3 is 2.43 bits per heavy atom. The molecule has 0 unspecified atom stereocenters. The van der Waals surface area contributed by atoms with Crippen molar-refractivity contribution in [3.05, 3.63) is 24.4 Å². The Hall–Kier alpha value is -2.19. The third-order valence-electron chi connectivity index (χ3n) is 6.51. The van der Waals surface area contributed by atoms with Crippen molar-refractivity contribution in [1.29, 1.82) is 0 Å². The third-order valence-corrected chi connectivity index (χ3v) is 6.51. The first-order chi connectivity index (χ1) is 14.6. The summed E-state index contributed by atoms with van der Waals surface area (Å²) in [5.41, 5.74) is 0.